The van der Waals surface area contributed by atoms with Gasteiger partial charge in [0.25, 0.3) is 5.91 Å². The molecule has 5 nitrogen and oxygen atoms in total. The lowest BCUT2D eigenvalue weighted by Gasteiger charge is -2.27. The smallest absolute Gasteiger partial charge is 0.258 e. The lowest BCUT2D eigenvalue weighted by molar-refractivity contribution is 0.0945. The number of nitrogens with two attached hydrogens (primary N) is 1. The van der Waals surface area contributed by atoms with Crippen LogP contribution >= 0.6 is 11.5 Å². The molecule has 1 aromatic rings. The van der Waals surface area contributed by atoms with Gasteiger partial charge in [0.2, 0.25) is 0 Å². The summed E-state index contributed by atoms with van der Waals surface area (Å²) in [5, 5.41) is 6.91. The minimum Gasteiger partial charge on any atom is -0.382 e. The molecule has 0 saturated carbocycles. The van der Waals surface area contributed by atoms with Gasteiger partial charge in [-0.1, -0.05) is 27.7 Å². The predicted molar refractivity (Wildman–Crippen MR) is 86.2 cm³/mol. The number of rotatable bonds is 5. The highest BCUT2D eigenvalue weighted by Crippen LogP contribution is 2.30. The second-order valence-electron chi connectivity index (χ2n) is 6.55. The van der Waals surface area contributed by atoms with E-state index in [0.717, 1.165) is 11.5 Å². The predicted octanol–water partition coefficient (Wildman–Crippen LogP) is 2.96. The highest BCUT2D eigenvalue weighted by atomic mass is 32.1. The van der Waals surface area contributed by atoms with E-state index in [4.69, 9.17) is 5.73 Å². The van der Waals surface area contributed by atoms with Crippen LogP contribution in [-0.2, 0) is 0 Å². The Hall–Kier alpha value is -1.30. The Morgan fingerprint density at radius 3 is 2.45 bits per heavy atom. The lowest BCUT2D eigenvalue weighted by Crippen LogP contribution is -2.31. The number of nitrogens with zero attached hydrogens (tertiary/aromatic N) is 1. The Morgan fingerprint density at radius 2 is 1.95 bits per heavy atom. The molecule has 1 atom stereocenters. The standard InChI is InChI=1S/C14H26N4OS/c1-8(2)17-12(19)10-11(15)18-20-13(10)16-7-9(3)14(4,5)6/h8-9,16H,7H2,1-6H3,(H2,15,18)(H,17,19). The molecule has 114 valence electrons. The Kier molecular flexibility index (Phi) is 5.39. The molecule has 20 heavy (non-hydrogen) atoms. The SMILES string of the molecule is CC(C)NC(=O)c1c(N)nsc1NCC(C)C(C)(C)C. The van der Waals surface area contributed by atoms with E-state index in [-0.39, 0.29) is 17.4 Å². The minimum atomic E-state index is -0.169. The number of aromatic nitrogens is 1. The quantitative estimate of drug-likeness (QED) is 0.780. The third-order valence-corrected chi connectivity index (χ3v) is 4.23. The van der Waals surface area contributed by atoms with Crippen LogP contribution < -0.4 is 16.4 Å². The molecule has 0 spiro atoms. The second kappa shape index (κ2) is 6.43. The van der Waals surface area contributed by atoms with E-state index in [9.17, 15) is 4.79 Å². The van der Waals surface area contributed by atoms with Crippen molar-refractivity contribution in [2.45, 2.75) is 47.6 Å². The fraction of sp³-hybridized carbons (Fsp3) is 0.714. The van der Waals surface area contributed by atoms with E-state index >= 15 is 0 Å². The Morgan fingerprint density at radius 1 is 1.35 bits per heavy atom. The van der Waals surface area contributed by atoms with Crippen molar-refractivity contribution >= 4 is 28.3 Å². The van der Waals surface area contributed by atoms with Gasteiger partial charge in [0.05, 0.1) is 0 Å². The largest absolute Gasteiger partial charge is 0.382 e. The van der Waals surface area contributed by atoms with Crippen molar-refractivity contribution in [3.05, 3.63) is 5.56 Å². The monoisotopic (exact) mass is 298 g/mol. The molecule has 1 heterocycles. The number of carbonyl (C=O) groups excluding carboxylic acids is 1. The number of amides is 1. The molecule has 0 aromatic carbocycles. The molecule has 1 aromatic heterocycles. The van der Waals surface area contributed by atoms with Crippen LogP contribution in [0.5, 0.6) is 0 Å². The molecular formula is C14H26N4OS. The first kappa shape index (κ1) is 16.8. The molecule has 0 aliphatic carbocycles. The first-order valence-corrected chi connectivity index (χ1v) is 7.70. The van der Waals surface area contributed by atoms with Crippen molar-refractivity contribution in [2.24, 2.45) is 11.3 Å². The van der Waals surface area contributed by atoms with Crippen molar-refractivity contribution in [1.29, 1.82) is 0 Å². The first-order chi connectivity index (χ1) is 9.12. The van der Waals surface area contributed by atoms with Gasteiger partial charge in [-0.2, -0.15) is 4.37 Å². The molecule has 4 N–H and O–H groups in total. The maximum absolute atomic E-state index is 12.1. The van der Waals surface area contributed by atoms with Gasteiger partial charge in [0.1, 0.15) is 10.6 Å². The van der Waals surface area contributed by atoms with E-state index in [1.807, 2.05) is 13.8 Å². The maximum Gasteiger partial charge on any atom is 0.258 e. The number of carbonyl (C=O) groups is 1. The van der Waals surface area contributed by atoms with E-state index < -0.39 is 0 Å². The Bertz CT molecular complexity index is 462. The van der Waals surface area contributed by atoms with Gasteiger partial charge >= 0.3 is 0 Å². The summed E-state index contributed by atoms with van der Waals surface area (Å²) < 4.78 is 4.08. The van der Waals surface area contributed by atoms with Crippen LogP contribution in [0.1, 0.15) is 51.9 Å². The topological polar surface area (TPSA) is 80.0 Å². The van der Waals surface area contributed by atoms with Crippen LogP contribution in [0.25, 0.3) is 0 Å². The number of hydrogen-bond acceptors (Lipinski definition) is 5. The zero-order valence-corrected chi connectivity index (χ0v) is 14.0. The van der Waals surface area contributed by atoms with E-state index in [1.54, 1.807) is 0 Å². The summed E-state index contributed by atoms with van der Waals surface area (Å²) in [6.07, 6.45) is 0. The molecule has 6 heteroatoms. The van der Waals surface area contributed by atoms with Gasteiger partial charge in [-0.15, -0.1) is 0 Å². The van der Waals surface area contributed by atoms with Crippen molar-refractivity contribution in [2.75, 3.05) is 17.6 Å². The third kappa shape index (κ3) is 4.37. The van der Waals surface area contributed by atoms with E-state index in [0.29, 0.717) is 17.3 Å². The molecule has 1 unspecified atom stereocenters. The molecule has 0 bridgehead atoms. The van der Waals surface area contributed by atoms with Crippen molar-refractivity contribution in [3.8, 4) is 0 Å². The maximum atomic E-state index is 12.1. The molecule has 1 amide bonds. The summed E-state index contributed by atoms with van der Waals surface area (Å²) in [6, 6.07) is 0.0724. The zero-order chi connectivity index (χ0) is 15.5. The number of hydrogen-bond donors (Lipinski definition) is 3. The molecule has 0 aliphatic heterocycles. The van der Waals surface area contributed by atoms with Crippen LogP contribution in [0.15, 0.2) is 0 Å². The van der Waals surface area contributed by atoms with Crippen molar-refractivity contribution in [1.82, 2.24) is 9.69 Å². The Balaban J connectivity index is 2.80. The fourth-order valence-electron chi connectivity index (χ4n) is 1.53. The summed E-state index contributed by atoms with van der Waals surface area (Å²) in [5.74, 6) is 0.586. The highest BCUT2D eigenvalue weighted by molar-refractivity contribution is 7.11. The average Bonchev–Trinajstić information content (AvgIpc) is 2.65. The summed E-state index contributed by atoms with van der Waals surface area (Å²) in [5.41, 5.74) is 6.48. The van der Waals surface area contributed by atoms with Gasteiger partial charge < -0.3 is 16.4 Å². The highest BCUT2D eigenvalue weighted by Gasteiger charge is 2.23. The lowest BCUT2D eigenvalue weighted by atomic mass is 9.82. The number of nitrogens with one attached hydrogen (secondary N) is 2. The van der Waals surface area contributed by atoms with Crippen molar-refractivity contribution < 1.29 is 4.79 Å². The normalized spacial score (nSPS) is 13.3. The van der Waals surface area contributed by atoms with Gasteiger partial charge in [0, 0.05) is 12.6 Å². The molecule has 1 rings (SSSR count). The van der Waals surface area contributed by atoms with Crippen molar-refractivity contribution in [3.63, 3.8) is 0 Å². The minimum absolute atomic E-state index is 0.0724. The van der Waals surface area contributed by atoms with Gasteiger partial charge in [0.15, 0.2) is 5.82 Å². The van der Waals surface area contributed by atoms with Crippen LogP contribution in [0.4, 0.5) is 10.8 Å². The first-order valence-electron chi connectivity index (χ1n) is 6.92. The van der Waals surface area contributed by atoms with Gasteiger partial charge in [-0.3, -0.25) is 4.79 Å². The third-order valence-electron chi connectivity index (χ3n) is 3.41. The zero-order valence-electron chi connectivity index (χ0n) is 13.2. The molecule has 0 fully saturated rings. The molecule has 0 saturated heterocycles. The second-order valence-corrected chi connectivity index (χ2v) is 7.32. The van der Waals surface area contributed by atoms with E-state index in [2.05, 4.69) is 42.7 Å². The van der Waals surface area contributed by atoms with E-state index in [1.165, 1.54) is 11.5 Å². The summed E-state index contributed by atoms with van der Waals surface area (Å²) in [7, 11) is 0. The summed E-state index contributed by atoms with van der Waals surface area (Å²) in [4.78, 5) is 12.1. The average molecular weight is 298 g/mol. The summed E-state index contributed by atoms with van der Waals surface area (Å²) >= 11 is 1.24. The fourth-order valence-corrected chi connectivity index (χ4v) is 2.25. The van der Waals surface area contributed by atoms with Crippen LogP contribution in [0.2, 0.25) is 0 Å². The Labute approximate surface area is 125 Å². The van der Waals surface area contributed by atoms with Crippen LogP contribution in [0, 0.1) is 11.3 Å². The van der Waals surface area contributed by atoms with Crippen LogP contribution in [-0.4, -0.2) is 22.9 Å². The van der Waals surface area contributed by atoms with Gasteiger partial charge in [-0.25, -0.2) is 0 Å². The molecule has 0 radical (unpaired) electrons. The molecular weight excluding hydrogens is 272 g/mol. The number of anilines is 2. The van der Waals surface area contributed by atoms with Gasteiger partial charge in [-0.05, 0) is 36.7 Å². The van der Waals surface area contributed by atoms with Crippen LogP contribution in [0.3, 0.4) is 0 Å². The number of nitrogen functional groups attached to an aromatic ring is 1. The summed E-state index contributed by atoms with van der Waals surface area (Å²) in [6.45, 7) is 13.4. The molecule has 0 aliphatic rings.